The average Bonchev–Trinajstić information content (AvgIpc) is 3.07. The lowest BCUT2D eigenvalue weighted by Crippen LogP contribution is -2.26. The van der Waals surface area contributed by atoms with E-state index in [2.05, 4.69) is 15.5 Å². The molecule has 7 nitrogen and oxygen atoms in total. The van der Waals surface area contributed by atoms with Gasteiger partial charge in [-0.15, -0.1) is 0 Å². The van der Waals surface area contributed by atoms with Crippen molar-refractivity contribution in [3.63, 3.8) is 0 Å². The van der Waals surface area contributed by atoms with Gasteiger partial charge in [-0.3, -0.25) is 4.79 Å². The zero-order valence-electron chi connectivity index (χ0n) is 10.8. The van der Waals surface area contributed by atoms with Crippen molar-refractivity contribution in [3.05, 3.63) is 35.9 Å². The third-order valence-corrected chi connectivity index (χ3v) is 2.48. The summed E-state index contributed by atoms with van der Waals surface area (Å²) in [6.07, 6.45) is 2.01. The molecule has 1 N–H and O–H groups in total. The molecule has 2 heterocycles. The van der Waals surface area contributed by atoms with Crippen LogP contribution in [-0.2, 0) is 11.2 Å². The van der Waals surface area contributed by atoms with Crippen LogP contribution < -0.4 is 5.32 Å². The first kappa shape index (κ1) is 13.3. The Kier molecular flexibility index (Phi) is 4.30. The van der Waals surface area contributed by atoms with Gasteiger partial charge in [0, 0.05) is 13.5 Å². The van der Waals surface area contributed by atoms with E-state index < -0.39 is 0 Å². The van der Waals surface area contributed by atoms with Crippen LogP contribution in [0, 0.1) is 0 Å². The summed E-state index contributed by atoms with van der Waals surface area (Å²) in [7, 11) is 1.60. The van der Waals surface area contributed by atoms with Crippen LogP contribution in [0.2, 0.25) is 0 Å². The number of methoxy groups -OCH3 is 1. The van der Waals surface area contributed by atoms with Gasteiger partial charge in [0.05, 0.1) is 12.9 Å². The van der Waals surface area contributed by atoms with Gasteiger partial charge in [0.15, 0.2) is 11.6 Å². The summed E-state index contributed by atoms with van der Waals surface area (Å²) in [6, 6.07) is 2.84. The van der Waals surface area contributed by atoms with Crippen LogP contribution in [0.1, 0.15) is 35.2 Å². The van der Waals surface area contributed by atoms with E-state index >= 15 is 0 Å². The largest absolute Gasteiger partial charge is 0.459 e. The summed E-state index contributed by atoms with van der Waals surface area (Å²) in [6.45, 7) is 2.28. The Morgan fingerprint density at radius 2 is 2.42 bits per heavy atom. The number of carbonyl (C=O) groups excluding carboxylic acids is 1. The first-order valence-corrected chi connectivity index (χ1v) is 5.86. The number of aromatic nitrogens is 2. The molecule has 0 aliphatic rings. The van der Waals surface area contributed by atoms with Crippen LogP contribution in [0.4, 0.5) is 0 Å². The highest BCUT2D eigenvalue weighted by molar-refractivity contribution is 5.91. The number of ether oxygens (including phenoxy) is 1. The predicted molar refractivity (Wildman–Crippen MR) is 64.5 cm³/mol. The number of furan rings is 1. The highest BCUT2D eigenvalue weighted by Crippen LogP contribution is 2.11. The summed E-state index contributed by atoms with van der Waals surface area (Å²) in [4.78, 5) is 15.9. The first-order chi connectivity index (χ1) is 9.20. The topological polar surface area (TPSA) is 90.4 Å². The number of amides is 1. The van der Waals surface area contributed by atoms with Gasteiger partial charge in [-0.1, -0.05) is 5.16 Å². The second-order valence-electron chi connectivity index (χ2n) is 3.96. The summed E-state index contributed by atoms with van der Waals surface area (Å²) < 4.78 is 15.0. The Hall–Kier alpha value is -2.15. The fourth-order valence-electron chi connectivity index (χ4n) is 1.48. The molecule has 2 rings (SSSR count). The normalized spacial score (nSPS) is 12.3. The maximum atomic E-state index is 11.8. The number of carbonyl (C=O) groups is 1. The van der Waals surface area contributed by atoms with Crippen LogP contribution in [-0.4, -0.2) is 29.8 Å². The molecule has 0 spiro atoms. The molecule has 0 aliphatic carbocycles. The smallest absolute Gasteiger partial charge is 0.287 e. The molecule has 2 aromatic rings. The number of nitrogens with zero attached hydrogens (tertiary/aromatic N) is 2. The van der Waals surface area contributed by atoms with E-state index in [1.165, 1.54) is 6.26 Å². The van der Waals surface area contributed by atoms with Gasteiger partial charge in [-0.25, -0.2) is 0 Å². The van der Waals surface area contributed by atoms with Gasteiger partial charge in [-0.2, -0.15) is 4.98 Å². The number of hydrogen-bond acceptors (Lipinski definition) is 6. The molecular formula is C12H15N3O4. The lowest BCUT2D eigenvalue weighted by Gasteiger charge is -2.07. The monoisotopic (exact) mass is 265 g/mol. The van der Waals surface area contributed by atoms with Crippen molar-refractivity contribution in [2.45, 2.75) is 19.4 Å². The standard InChI is InChI=1S/C12H15N3O4/c1-8(13-11(16)9-4-3-6-18-9)12-14-10(15-19-12)5-7-17-2/h3-4,6,8H,5,7H2,1-2H3,(H,13,16)/t8-/m0/s1. The van der Waals surface area contributed by atoms with Crippen molar-refractivity contribution in [1.29, 1.82) is 0 Å². The van der Waals surface area contributed by atoms with Crippen molar-refractivity contribution in [2.24, 2.45) is 0 Å². The zero-order chi connectivity index (χ0) is 13.7. The molecule has 7 heteroatoms. The Morgan fingerprint density at radius 1 is 1.58 bits per heavy atom. The van der Waals surface area contributed by atoms with Crippen LogP contribution in [0.25, 0.3) is 0 Å². The first-order valence-electron chi connectivity index (χ1n) is 5.86. The fraction of sp³-hybridized carbons (Fsp3) is 0.417. The van der Waals surface area contributed by atoms with Crippen LogP contribution in [0.3, 0.4) is 0 Å². The minimum Gasteiger partial charge on any atom is -0.459 e. The van der Waals surface area contributed by atoms with Crippen molar-refractivity contribution >= 4 is 5.91 Å². The fourth-order valence-corrected chi connectivity index (χ4v) is 1.48. The highest BCUT2D eigenvalue weighted by atomic mass is 16.5. The molecule has 0 aliphatic heterocycles. The third-order valence-electron chi connectivity index (χ3n) is 2.48. The third kappa shape index (κ3) is 3.41. The Labute approximate surface area is 109 Å². The van der Waals surface area contributed by atoms with Crippen LogP contribution >= 0.6 is 0 Å². The van der Waals surface area contributed by atoms with Gasteiger partial charge in [0.25, 0.3) is 5.91 Å². The number of nitrogens with one attached hydrogen (secondary N) is 1. The van der Waals surface area contributed by atoms with Crippen molar-refractivity contribution in [3.8, 4) is 0 Å². The quantitative estimate of drug-likeness (QED) is 0.847. The number of hydrogen-bond donors (Lipinski definition) is 1. The van der Waals surface area contributed by atoms with E-state index in [4.69, 9.17) is 13.7 Å². The zero-order valence-corrected chi connectivity index (χ0v) is 10.8. The second kappa shape index (κ2) is 6.14. The average molecular weight is 265 g/mol. The molecule has 2 aromatic heterocycles. The molecule has 0 bridgehead atoms. The van der Waals surface area contributed by atoms with Crippen molar-refractivity contribution < 1.29 is 18.5 Å². The molecule has 0 aromatic carbocycles. The Balaban J connectivity index is 1.94. The lowest BCUT2D eigenvalue weighted by atomic mass is 10.3. The predicted octanol–water partition coefficient (Wildman–Crippen LogP) is 1.34. The molecule has 0 fully saturated rings. The Bertz CT molecular complexity index is 521. The van der Waals surface area contributed by atoms with E-state index in [-0.39, 0.29) is 17.7 Å². The minimum absolute atomic E-state index is 0.242. The molecular weight excluding hydrogens is 250 g/mol. The van der Waals surface area contributed by atoms with Gasteiger partial charge in [0.2, 0.25) is 5.89 Å². The van der Waals surface area contributed by atoms with E-state index in [0.29, 0.717) is 24.7 Å². The summed E-state index contributed by atoms with van der Waals surface area (Å²) in [5.41, 5.74) is 0. The molecule has 102 valence electrons. The summed E-state index contributed by atoms with van der Waals surface area (Å²) in [5.74, 6) is 0.821. The molecule has 1 atom stereocenters. The van der Waals surface area contributed by atoms with E-state index in [0.717, 1.165) is 0 Å². The van der Waals surface area contributed by atoms with Crippen molar-refractivity contribution in [2.75, 3.05) is 13.7 Å². The summed E-state index contributed by atoms with van der Waals surface area (Å²) >= 11 is 0. The molecule has 0 radical (unpaired) electrons. The maximum absolute atomic E-state index is 11.8. The van der Waals surface area contributed by atoms with Gasteiger partial charge in [-0.05, 0) is 19.1 Å². The summed E-state index contributed by atoms with van der Waals surface area (Å²) in [5, 5.41) is 6.51. The van der Waals surface area contributed by atoms with Gasteiger partial charge in [0.1, 0.15) is 6.04 Å². The van der Waals surface area contributed by atoms with Gasteiger partial charge < -0.3 is 19.0 Å². The van der Waals surface area contributed by atoms with E-state index in [9.17, 15) is 4.79 Å². The molecule has 1 amide bonds. The number of rotatable bonds is 6. The minimum atomic E-state index is -0.388. The van der Waals surface area contributed by atoms with Crippen LogP contribution in [0.5, 0.6) is 0 Å². The SMILES string of the molecule is COCCc1noc([C@H](C)NC(=O)c2ccco2)n1. The Morgan fingerprint density at radius 3 is 3.11 bits per heavy atom. The van der Waals surface area contributed by atoms with Crippen molar-refractivity contribution in [1.82, 2.24) is 15.5 Å². The lowest BCUT2D eigenvalue weighted by molar-refractivity contribution is 0.0904. The molecule has 0 saturated heterocycles. The molecule has 0 saturated carbocycles. The van der Waals surface area contributed by atoms with Gasteiger partial charge >= 0.3 is 0 Å². The molecule has 0 unspecified atom stereocenters. The maximum Gasteiger partial charge on any atom is 0.287 e. The van der Waals surface area contributed by atoms with E-state index in [1.54, 1.807) is 26.2 Å². The van der Waals surface area contributed by atoms with E-state index in [1.807, 2.05) is 0 Å². The van der Waals surface area contributed by atoms with Crippen LogP contribution in [0.15, 0.2) is 27.3 Å². The highest BCUT2D eigenvalue weighted by Gasteiger charge is 2.18. The second-order valence-corrected chi connectivity index (χ2v) is 3.96. The molecule has 19 heavy (non-hydrogen) atoms.